The smallest absolute Gasteiger partial charge is 0.256 e. The van der Waals surface area contributed by atoms with Gasteiger partial charge in [-0.15, -0.1) is 0 Å². The Balaban J connectivity index is 2.19. The van der Waals surface area contributed by atoms with Crippen molar-refractivity contribution < 1.29 is 19.0 Å². The first-order valence-corrected chi connectivity index (χ1v) is 7.58. The van der Waals surface area contributed by atoms with E-state index >= 15 is 0 Å². The van der Waals surface area contributed by atoms with Crippen LogP contribution in [0.2, 0.25) is 5.02 Å². The van der Waals surface area contributed by atoms with Gasteiger partial charge in [0.25, 0.3) is 5.91 Å². The summed E-state index contributed by atoms with van der Waals surface area (Å²) in [7, 11) is 4.67. The van der Waals surface area contributed by atoms with Crippen LogP contribution in [-0.2, 0) is 4.79 Å². The van der Waals surface area contributed by atoms with Crippen molar-refractivity contribution in [2.75, 3.05) is 26.6 Å². The number of carbonyl (C=O) groups excluding carboxylic acids is 1. The molecule has 0 atom stereocenters. The largest absolute Gasteiger partial charge is 0.496 e. The minimum absolute atomic E-state index is 0.202. The van der Waals surface area contributed by atoms with E-state index in [1.54, 1.807) is 57.7 Å². The second kappa shape index (κ2) is 6.45. The maximum absolute atomic E-state index is 12.3. The molecule has 1 aliphatic rings. The Morgan fingerprint density at radius 1 is 1.00 bits per heavy atom. The fourth-order valence-electron chi connectivity index (χ4n) is 2.62. The van der Waals surface area contributed by atoms with Gasteiger partial charge in [0.05, 0.1) is 26.9 Å². The number of amides is 1. The predicted molar refractivity (Wildman–Crippen MR) is 94.1 cm³/mol. The fraction of sp³-hybridized carbons (Fsp3) is 0.167. The van der Waals surface area contributed by atoms with Gasteiger partial charge in [0, 0.05) is 34.0 Å². The molecule has 0 saturated heterocycles. The van der Waals surface area contributed by atoms with E-state index in [9.17, 15) is 4.79 Å². The van der Waals surface area contributed by atoms with E-state index in [0.29, 0.717) is 33.4 Å². The lowest BCUT2D eigenvalue weighted by molar-refractivity contribution is -0.110. The molecule has 5 nitrogen and oxygen atoms in total. The van der Waals surface area contributed by atoms with Crippen molar-refractivity contribution in [3.05, 3.63) is 46.5 Å². The maximum atomic E-state index is 12.3. The third kappa shape index (κ3) is 2.78. The number of carbonyl (C=O) groups is 1. The number of fused-ring (bicyclic) bond motifs is 1. The Kier molecular flexibility index (Phi) is 4.36. The van der Waals surface area contributed by atoms with Gasteiger partial charge in [-0.25, -0.2) is 0 Å². The van der Waals surface area contributed by atoms with E-state index in [4.69, 9.17) is 25.8 Å². The molecule has 1 amide bonds. The summed E-state index contributed by atoms with van der Waals surface area (Å²) in [6.45, 7) is 0. The van der Waals surface area contributed by atoms with Gasteiger partial charge in [-0.1, -0.05) is 11.6 Å². The van der Waals surface area contributed by atoms with Crippen molar-refractivity contribution in [3.8, 4) is 17.2 Å². The molecule has 0 saturated carbocycles. The van der Waals surface area contributed by atoms with E-state index in [1.807, 2.05) is 0 Å². The second-order valence-electron chi connectivity index (χ2n) is 5.15. The summed E-state index contributed by atoms with van der Waals surface area (Å²) in [6.07, 6.45) is 1.73. The van der Waals surface area contributed by atoms with Crippen molar-refractivity contribution in [1.29, 1.82) is 0 Å². The zero-order chi connectivity index (χ0) is 17.3. The number of nitrogens with one attached hydrogen (secondary N) is 1. The molecule has 24 heavy (non-hydrogen) atoms. The van der Waals surface area contributed by atoms with Crippen LogP contribution in [0.4, 0.5) is 5.69 Å². The highest BCUT2D eigenvalue weighted by molar-refractivity contribution is 6.37. The molecule has 1 heterocycles. The van der Waals surface area contributed by atoms with Gasteiger partial charge in [-0.3, -0.25) is 4.79 Å². The maximum Gasteiger partial charge on any atom is 0.256 e. The molecule has 6 heteroatoms. The fourth-order valence-corrected chi connectivity index (χ4v) is 2.79. The lowest BCUT2D eigenvalue weighted by atomic mass is 10.0. The first kappa shape index (κ1) is 16.2. The van der Waals surface area contributed by atoms with Crippen LogP contribution in [-0.4, -0.2) is 27.2 Å². The van der Waals surface area contributed by atoms with Crippen LogP contribution in [0.25, 0.3) is 11.6 Å². The highest BCUT2D eigenvalue weighted by atomic mass is 35.5. The number of benzene rings is 2. The van der Waals surface area contributed by atoms with Crippen LogP contribution in [0.3, 0.4) is 0 Å². The zero-order valence-corrected chi connectivity index (χ0v) is 14.2. The van der Waals surface area contributed by atoms with Gasteiger partial charge in [-0.2, -0.15) is 0 Å². The van der Waals surface area contributed by atoms with E-state index in [0.717, 1.165) is 11.3 Å². The van der Waals surface area contributed by atoms with Crippen LogP contribution < -0.4 is 19.5 Å². The predicted octanol–water partition coefficient (Wildman–Crippen LogP) is 3.86. The normalized spacial score (nSPS) is 14.3. The lowest BCUT2D eigenvalue weighted by Gasteiger charge is -2.13. The molecule has 0 aromatic heterocycles. The number of hydrogen-bond acceptors (Lipinski definition) is 4. The van der Waals surface area contributed by atoms with Crippen molar-refractivity contribution >= 4 is 34.8 Å². The first-order valence-electron chi connectivity index (χ1n) is 7.20. The lowest BCUT2D eigenvalue weighted by Crippen LogP contribution is -2.04. The average molecular weight is 346 g/mol. The van der Waals surface area contributed by atoms with Crippen molar-refractivity contribution in [2.45, 2.75) is 0 Å². The number of anilines is 1. The molecule has 0 aliphatic carbocycles. The Bertz CT molecular complexity index is 820. The number of hydrogen-bond donors (Lipinski definition) is 1. The van der Waals surface area contributed by atoms with E-state index in [-0.39, 0.29) is 5.91 Å². The van der Waals surface area contributed by atoms with Gasteiger partial charge in [0.2, 0.25) is 0 Å². The van der Waals surface area contributed by atoms with Crippen molar-refractivity contribution in [1.82, 2.24) is 0 Å². The molecule has 3 rings (SSSR count). The number of ether oxygens (including phenoxy) is 3. The number of rotatable bonds is 4. The number of halogens is 1. The minimum Gasteiger partial charge on any atom is -0.496 e. The van der Waals surface area contributed by atoms with E-state index < -0.39 is 0 Å². The number of methoxy groups -OCH3 is 3. The molecule has 1 N–H and O–H groups in total. The van der Waals surface area contributed by atoms with Gasteiger partial charge in [0.1, 0.15) is 17.2 Å². The molecule has 0 bridgehead atoms. The van der Waals surface area contributed by atoms with Crippen LogP contribution in [0, 0.1) is 0 Å². The molecule has 2 aromatic carbocycles. The van der Waals surface area contributed by atoms with Gasteiger partial charge >= 0.3 is 0 Å². The Morgan fingerprint density at radius 2 is 1.67 bits per heavy atom. The molecule has 124 valence electrons. The van der Waals surface area contributed by atoms with Gasteiger partial charge in [0.15, 0.2) is 0 Å². The second-order valence-corrected chi connectivity index (χ2v) is 5.58. The minimum atomic E-state index is -0.202. The molecule has 0 fully saturated rings. The van der Waals surface area contributed by atoms with Crippen LogP contribution in [0.1, 0.15) is 11.1 Å². The molecule has 0 spiro atoms. The van der Waals surface area contributed by atoms with Gasteiger partial charge < -0.3 is 19.5 Å². The molecule has 0 unspecified atom stereocenters. The topological polar surface area (TPSA) is 56.8 Å². The summed E-state index contributed by atoms with van der Waals surface area (Å²) in [5.41, 5.74) is 2.61. The Labute approximate surface area is 144 Å². The van der Waals surface area contributed by atoms with Crippen molar-refractivity contribution in [2.24, 2.45) is 0 Å². The zero-order valence-electron chi connectivity index (χ0n) is 13.5. The monoisotopic (exact) mass is 345 g/mol. The van der Waals surface area contributed by atoms with Crippen LogP contribution in [0.15, 0.2) is 30.3 Å². The summed E-state index contributed by atoms with van der Waals surface area (Å²) in [6, 6.07) is 8.74. The van der Waals surface area contributed by atoms with Crippen LogP contribution in [0.5, 0.6) is 17.2 Å². The highest BCUT2D eigenvalue weighted by Crippen LogP contribution is 2.40. The summed E-state index contributed by atoms with van der Waals surface area (Å²) >= 11 is 6.06. The van der Waals surface area contributed by atoms with E-state index in [2.05, 4.69) is 5.32 Å². The summed E-state index contributed by atoms with van der Waals surface area (Å²) < 4.78 is 16.1. The average Bonchev–Trinajstić information content (AvgIpc) is 2.90. The third-order valence-corrected chi connectivity index (χ3v) is 4.04. The summed E-state index contributed by atoms with van der Waals surface area (Å²) in [4.78, 5) is 12.3. The molecule has 0 radical (unpaired) electrons. The third-order valence-electron chi connectivity index (χ3n) is 3.81. The Hall–Kier alpha value is -2.66. The quantitative estimate of drug-likeness (QED) is 0.855. The molecular weight excluding hydrogens is 330 g/mol. The SMILES string of the molecule is COc1cc(OC)c(/C=C2/C(=O)Nc3ccc(Cl)cc32)c(OC)c1. The van der Waals surface area contributed by atoms with Gasteiger partial charge in [-0.05, 0) is 24.3 Å². The molecular formula is C18H16ClNO4. The summed E-state index contributed by atoms with van der Waals surface area (Å²) in [5.74, 6) is 1.49. The standard InChI is InChI=1S/C18H16ClNO4/c1-22-11-7-16(23-2)14(17(8-11)24-3)9-13-12-6-10(19)4-5-15(12)20-18(13)21/h4-9H,1-3H3,(H,20,21)/b13-9+. The summed E-state index contributed by atoms with van der Waals surface area (Å²) in [5, 5.41) is 3.38. The van der Waals surface area contributed by atoms with Crippen molar-refractivity contribution in [3.63, 3.8) is 0 Å². The van der Waals surface area contributed by atoms with Crippen LogP contribution >= 0.6 is 11.6 Å². The molecule has 1 aliphatic heterocycles. The first-order chi connectivity index (χ1) is 11.6. The Morgan fingerprint density at radius 3 is 2.25 bits per heavy atom. The molecule has 2 aromatic rings. The van der Waals surface area contributed by atoms with E-state index in [1.165, 1.54) is 0 Å². The highest BCUT2D eigenvalue weighted by Gasteiger charge is 2.25.